The number of rotatable bonds is 6. The highest BCUT2D eigenvalue weighted by Gasteiger charge is 2.34. The number of nitrogens with two attached hydrogens (primary N) is 1. The van der Waals surface area contributed by atoms with E-state index < -0.39 is 27.8 Å². The van der Waals surface area contributed by atoms with E-state index in [2.05, 4.69) is 5.32 Å². The van der Waals surface area contributed by atoms with Crippen LogP contribution in [0.1, 0.15) is 15.9 Å². The van der Waals surface area contributed by atoms with Crippen LogP contribution in [0.2, 0.25) is 0 Å². The van der Waals surface area contributed by atoms with Gasteiger partial charge in [-0.05, 0) is 47.7 Å². The first-order valence-corrected chi connectivity index (χ1v) is 9.41. The van der Waals surface area contributed by atoms with E-state index in [0.717, 1.165) is 22.7 Å². The zero-order chi connectivity index (χ0) is 21.8. The summed E-state index contributed by atoms with van der Waals surface area (Å²) in [4.78, 5) is 48.1. The van der Waals surface area contributed by atoms with Crippen molar-refractivity contribution in [1.82, 2.24) is 10.2 Å². The minimum absolute atomic E-state index is 0.0289. The van der Waals surface area contributed by atoms with Crippen molar-refractivity contribution in [3.05, 3.63) is 74.4 Å². The molecule has 9 nitrogen and oxygen atoms in total. The van der Waals surface area contributed by atoms with Crippen LogP contribution in [-0.2, 0) is 4.79 Å². The van der Waals surface area contributed by atoms with Gasteiger partial charge in [-0.15, -0.1) is 0 Å². The number of amides is 3. The van der Waals surface area contributed by atoms with E-state index in [1.807, 2.05) is 0 Å². The van der Waals surface area contributed by atoms with Crippen LogP contribution in [0.4, 0.5) is 20.6 Å². The van der Waals surface area contributed by atoms with Crippen molar-refractivity contribution in [3.63, 3.8) is 0 Å². The molecule has 0 aromatic heterocycles. The summed E-state index contributed by atoms with van der Waals surface area (Å²) >= 11 is 0.746. The van der Waals surface area contributed by atoms with Crippen LogP contribution in [0, 0.1) is 15.9 Å². The fraction of sp³-hybridized carbons (Fsp3) is 0.105. The standard InChI is InChI=1S/C19H15FN4O5S/c20-13-4-1-11(2-5-13)9-16-18(26)23(19(27)30-16)8-7-22-17(25)12-3-6-14(21)15(10-12)24(28)29/h1-6,9-10H,7-8,21H2,(H,22,25)/b16-9-. The Labute approximate surface area is 173 Å². The molecular formula is C19H15FN4O5S. The lowest BCUT2D eigenvalue weighted by molar-refractivity contribution is -0.383. The normalized spacial score (nSPS) is 15.0. The van der Waals surface area contributed by atoms with Gasteiger partial charge in [0.1, 0.15) is 11.5 Å². The summed E-state index contributed by atoms with van der Waals surface area (Å²) in [5, 5.41) is 12.9. The molecule has 0 saturated carbocycles. The summed E-state index contributed by atoms with van der Waals surface area (Å²) in [6, 6.07) is 9.09. The number of nitro groups is 1. The predicted octanol–water partition coefficient (Wildman–Crippen LogP) is 2.78. The van der Waals surface area contributed by atoms with Crippen molar-refractivity contribution in [2.75, 3.05) is 18.8 Å². The van der Waals surface area contributed by atoms with Crippen LogP contribution in [0.15, 0.2) is 47.4 Å². The molecule has 1 aliphatic rings. The topological polar surface area (TPSA) is 136 Å². The minimum Gasteiger partial charge on any atom is -0.393 e. The zero-order valence-corrected chi connectivity index (χ0v) is 16.1. The van der Waals surface area contributed by atoms with Gasteiger partial charge in [0.15, 0.2) is 0 Å². The summed E-state index contributed by atoms with van der Waals surface area (Å²) < 4.78 is 13.0. The molecule has 0 spiro atoms. The maximum atomic E-state index is 13.0. The Morgan fingerprint density at radius 1 is 1.23 bits per heavy atom. The Kier molecular flexibility index (Phi) is 6.11. The number of thioether (sulfide) groups is 1. The van der Waals surface area contributed by atoms with Crippen molar-refractivity contribution in [3.8, 4) is 0 Å². The Morgan fingerprint density at radius 2 is 1.93 bits per heavy atom. The Balaban J connectivity index is 1.61. The van der Waals surface area contributed by atoms with E-state index in [9.17, 15) is 28.9 Å². The molecule has 0 unspecified atom stereocenters. The lowest BCUT2D eigenvalue weighted by Crippen LogP contribution is -2.37. The number of nitrogen functional groups attached to an aromatic ring is 1. The highest BCUT2D eigenvalue weighted by atomic mass is 32.2. The molecule has 11 heteroatoms. The number of carbonyl (C=O) groups is 3. The van der Waals surface area contributed by atoms with Crippen molar-refractivity contribution in [1.29, 1.82) is 0 Å². The monoisotopic (exact) mass is 430 g/mol. The van der Waals surface area contributed by atoms with E-state index in [-0.39, 0.29) is 34.9 Å². The van der Waals surface area contributed by atoms with E-state index in [1.165, 1.54) is 42.5 Å². The summed E-state index contributed by atoms with van der Waals surface area (Å²) in [7, 11) is 0. The number of anilines is 1. The number of nitrogens with one attached hydrogen (secondary N) is 1. The van der Waals surface area contributed by atoms with Gasteiger partial charge in [-0.3, -0.25) is 29.4 Å². The Morgan fingerprint density at radius 3 is 2.60 bits per heavy atom. The lowest BCUT2D eigenvalue weighted by Gasteiger charge is -2.13. The maximum Gasteiger partial charge on any atom is 0.293 e. The number of nitrogens with zero attached hydrogens (tertiary/aromatic N) is 2. The number of halogens is 1. The molecule has 154 valence electrons. The van der Waals surface area contributed by atoms with Crippen molar-refractivity contribution in [2.45, 2.75) is 0 Å². The molecule has 3 amide bonds. The second-order valence-electron chi connectivity index (χ2n) is 6.17. The highest BCUT2D eigenvalue weighted by molar-refractivity contribution is 8.18. The summed E-state index contributed by atoms with van der Waals surface area (Å²) in [5.74, 6) is -1.54. The number of hydrogen-bond acceptors (Lipinski definition) is 7. The average molecular weight is 430 g/mol. The van der Waals surface area contributed by atoms with Gasteiger partial charge < -0.3 is 11.1 Å². The zero-order valence-electron chi connectivity index (χ0n) is 15.3. The first kappa shape index (κ1) is 21.0. The van der Waals surface area contributed by atoms with E-state index in [4.69, 9.17) is 5.73 Å². The number of nitro benzene ring substituents is 1. The fourth-order valence-corrected chi connectivity index (χ4v) is 3.49. The number of hydrogen-bond donors (Lipinski definition) is 2. The third-order valence-corrected chi connectivity index (χ3v) is 5.06. The van der Waals surface area contributed by atoms with E-state index >= 15 is 0 Å². The third kappa shape index (κ3) is 4.63. The summed E-state index contributed by atoms with van der Waals surface area (Å²) in [6.45, 7) is -0.118. The maximum absolute atomic E-state index is 13.0. The third-order valence-electron chi connectivity index (χ3n) is 4.15. The fourth-order valence-electron chi connectivity index (χ4n) is 2.63. The lowest BCUT2D eigenvalue weighted by atomic mass is 10.1. The van der Waals surface area contributed by atoms with Gasteiger partial charge in [0.05, 0.1) is 9.83 Å². The molecule has 1 aliphatic heterocycles. The molecule has 2 aromatic carbocycles. The molecule has 0 radical (unpaired) electrons. The van der Waals surface area contributed by atoms with Crippen LogP contribution in [0.25, 0.3) is 6.08 Å². The van der Waals surface area contributed by atoms with Gasteiger partial charge in [0, 0.05) is 24.7 Å². The van der Waals surface area contributed by atoms with Crippen molar-refractivity contribution >= 4 is 46.3 Å². The predicted molar refractivity (Wildman–Crippen MR) is 109 cm³/mol. The molecule has 1 saturated heterocycles. The van der Waals surface area contributed by atoms with Gasteiger partial charge >= 0.3 is 0 Å². The molecule has 3 N–H and O–H groups in total. The van der Waals surface area contributed by atoms with Crippen LogP contribution in [0.5, 0.6) is 0 Å². The molecule has 1 heterocycles. The van der Waals surface area contributed by atoms with Gasteiger partial charge in [0.2, 0.25) is 0 Å². The van der Waals surface area contributed by atoms with Gasteiger partial charge in [0.25, 0.3) is 22.7 Å². The molecular weight excluding hydrogens is 415 g/mol. The Hall–Kier alpha value is -3.73. The average Bonchev–Trinajstić information content (AvgIpc) is 2.97. The molecule has 0 bridgehead atoms. The first-order valence-electron chi connectivity index (χ1n) is 8.59. The number of carbonyl (C=O) groups excluding carboxylic acids is 3. The minimum atomic E-state index is -0.695. The molecule has 2 aromatic rings. The van der Waals surface area contributed by atoms with Crippen LogP contribution in [-0.4, -0.2) is 40.0 Å². The molecule has 0 aliphatic carbocycles. The quantitative estimate of drug-likeness (QED) is 0.311. The van der Waals surface area contributed by atoms with E-state index in [0.29, 0.717) is 5.56 Å². The molecule has 0 atom stereocenters. The van der Waals surface area contributed by atoms with Crippen LogP contribution >= 0.6 is 11.8 Å². The van der Waals surface area contributed by atoms with Crippen LogP contribution < -0.4 is 11.1 Å². The Bertz CT molecular complexity index is 1070. The van der Waals surface area contributed by atoms with Crippen molar-refractivity contribution in [2.24, 2.45) is 0 Å². The molecule has 1 fully saturated rings. The summed E-state index contributed by atoms with van der Waals surface area (Å²) in [5.41, 5.74) is 5.64. The molecule has 3 rings (SSSR count). The molecule has 30 heavy (non-hydrogen) atoms. The first-order chi connectivity index (χ1) is 14.3. The largest absolute Gasteiger partial charge is 0.393 e. The van der Waals surface area contributed by atoms with Crippen LogP contribution in [0.3, 0.4) is 0 Å². The smallest absolute Gasteiger partial charge is 0.293 e. The van der Waals surface area contributed by atoms with Crippen molar-refractivity contribution < 1.29 is 23.7 Å². The SMILES string of the molecule is Nc1ccc(C(=O)NCCN2C(=O)S/C(=C\c3ccc(F)cc3)C2=O)cc1[N+](=O)[O-]. The second kappa shape index (κ2) is 8.74. The van der Waals surface area contributed by atoms with Gasteiger partial charge in [-0.1, -0.05) is 12.1 Å². The highest BCUT2D eigenvalue weighted by Crippen LogP contribution is 2.32. The number of imide groups is 1. The second-order valence-corrected chi connectivity index (χ2v) is 7.16. The number of benzene rings is 2. The van der Waals surface area contributed by atoms with Gasteiger partial charge in [-0.2, -0.15) is 0 Å². The summed E-state index contributed by atoms with van der Waals surface area (Å²) in [6.07, 6.45) is 1.48. The van der Waals surface area contributed by atoms with Gasteiger partial charge in [-0.25, -0.2) is 4.39 Å². The van der Waals surface area contributed by atoms with E-state index in [1.54, 1.807) is 0 Å².